The number of benzene rings is 2. The Morgan fingerprint density at radius 3 is 2.58 bits per heavy atom. The SMILES string of the molecule is COC(=O)c1cccc(-c2ccc(C(=O)NC3CCNCC3O)cc2)c1. The first kappa shape index (κ1) is 18.1. The molecule has 2 atom stereocenters. The minimum atomic E-state index is -0.576. The van der Waals surface area contributed by atoms with Crippen molar-refractivity contribution in [2.24, 2.45) is 0 Å². The summed E-state index contributed by atoms with van der Waals surface area (Å²) in [7, 11) is 1.35. The van der Waals surface area contributed by atoms with Crippen molar-refractivity contribution in [3.8, 4) is 11.1 Å². The minimum Gasteiger partial charge on any atom is -0.465 e. The van der Waals surface area contributed by atoms with Crippen LogP contribution in [-0.2, 0) is 4.74 Å². The second-order valence-corrected chi connectivity index (χ2v) is 6.29. The molecule has 1 saturated heterocycles. The van der Waals surface area contributed by atoms with Crippen LogP contribution in [0.3, 0.4) is 0 Å². The molecule has 3 rings (SSSR count). The highest BCUT2D eigenvalue weighted by atomic mass is 16.5. The molecule has 1 fully saturated rings. The van der Waals surface area contributed by atoms with Crippen molar-refractivity contribution < 1.29 is 19.4 Å². The topological polar surface area (TPSA) is 87.7 Å². The van der Waals surface area contributed by atoms with Crippen LogP contribution in [0.4, 0.5) is 0 Å². The van der Waals surface area contributed by atoms with Crippen LogP contribution in [0, 0.1) is 0 Å². The van der Waals surface area contributed by atoms with Crippen molar-refractivity contribution in [3.63, 3.8) is 0 Å². The molecule has 26 heavy (non-hydrogen) atoms. The lowest BCUT2D eigenvalue weighted by atomic mass is 10.0. The number of esters is 1. The summed E-state index contributed by atoms with van der Waals surface area (Å²) in [5.41, 5.74) is 2.78. The monoisotopic (exact) mass is 354 g/mol. The Kier molecular flexibility index (Phi) is 5.65. The minimum absolute atomic E-state index is 0.203. The standard InChI is InChI=1S/C20H22N2O4/c1-26-20(25)16-4-2-3-15(11-16)13-5-7-14(8-6-13)19(24)22-17-9-10-21-12-18(17)23/h2-8,11,17-18,21,23H,9-10,12H2,1H3,(H,22,24). The van der Waals surface area contributed by atoms with Crippen molar-refractivity contribution in [2.45, 2.75) is 18.6 Å². The lowest BCUT2D eigenvalue weighted by Gasteiger charge is -2.29. The van der Waals surface area contributed by atoms with E-state index in [1.807, 2.05) is 18.2 Å². The predicted octanol–water partition coefficient (Wildman–Crippen LogP) is 1.59. The number of piperidine rings is 1. The Labute approximate surface area is 152 Å². The van der Waals surface area contributed by atoms with Gasteiger partial charge in [-0.25, -0.2) is 4.79 Å². The van der Waals surface area contributed by atoms with E-state index in [-0.39, 0.29) is 17.9 Å². The van der Waals surface area contributed by atoms with Crippen LogP contribution < -0.4 is 10.6 Å². The van der Waals surface area contributed by atoms with E-state index in [1.165, 1.54) is 7.11 Å². The van der Waals surface area contributed by atoms with Crippen LogP contribution in [0.5, 0.6) is 0 Å². The number of aliphatic hydroxyl groups excluding tert-OH is 1. The second-order valence-electron chi connectivity index (χ2n) is 6.29. The highest BCUT2D eigenvalue weighted by molar-refractivity contribution is 5.95. The quantitative estimate of drug-likeness (QED) is 0.726. The third-order valence-corrected chi connectivity index (χ3v) is 4.53. The van der Waals surface area contributed by atoms with Gasteiger partial charge in [-0.15, -0.1) is 0 Å². The third kappa shape index (κ3) is 4.09. The van der Waals surface area contributed by atoms with Gasteiger partial charge in [0.2, 0.25) is 0 Å². The number of aliphatic hydroxyl groups is 1. The van der Waals surface area contributed by atoms with Gasteiger partial charge in [-0.3, -0.25) is 4.79 Å². The highest BCUT2D eigenvalue weighted by Crippen LogP contribution is 2.21. The summed E-state index contributed by atoms with van der Waals surface area (Å²) >= 11 is 0. The molecule has 1 aliphatic heterocycles. The number of carbonyl (C=O) groups excluding carboxylic acids is 2. The Balaban J connectivity index is 1.72. The molecule has 1 heterocycles. The van der Waals surface area contributed by atoms with Crippen LogP contribution in [0.2, 0.25) is 0 Å². The van der Waals surface area contributed by atoms with E-state index in [4.69, 9.17) is 4.74 Å². The number of hydrogen-bond donors (Lipinski definition) is 3. The average molecular weight is 354 g/mol. The maximum atomic E-state index is 12.4. The number of amides is 1. The first-order valence-electron chi connectivity index (χ1n) is 8.57. The lowest BCUT2D eigenvalue weighted by molar-refractivity contribution is 0.0600. The van der Waals surface area contributed by atoms with Crippen molar-refractivity contribution >= 4 is 11.9 Å². The van der Waals surface area contributed by atoms with E-state index in [9.17, 15) is 14.7 Å². The molecule has 2 aromatic carbocycles. The maximum absolute atomic E-state index is 12.4. The van der Waals surface area contributed by atoms with Gasteiger partial charge in [0.25, 0.3) is 5.91 Å². The van der Waals surface area contributed by atoms with E-state index < -0.39 is 6.10 Å². The Bertz CT molecular complexity index is 789. The molecule has 3 N–H and O–H groups in total. The van der Waals surface area contributed by atoms with E-state index in [2.05, 4.69) is 10.6 Å². The third-order valence-electron chi connectivity index (χ3n) is 4.53. The van der Waals surface area contributed by atoms with Crippen LogP contribution in [0.25, 0.3) is 11.1 Å². The van der Waals surface area contributed by atoms with E-state index >= 15 is 0 Å². The zero-order valence-corrected chi connectivity index (χ0v) is 14.6. The molecular formula is C20H22N2O4. The summed E-state index contributed by atoms with van der Waals surface area (Å²) in [6.45, 7) is 1.26. The average Bonchev–Trinajstić information content (AvgIpc) is 2.69. The van der Waals surface area contributed by atoms with Crippen molar-refractivity contribution in [1.29, 1.82) is 0 Å². The molecule has 0 bridgehead atoms. The molecule has 136 valence electrons. The molecule has 6 heteroatoms. The fraction of sp³-hybridized carbons (Fsp3) is 0.300. The molecule has 2 aromatic rings. The van der Waals surface area contributed by atoms with Gasteiger partial charge in [0.05, 0.1) is 24.8 Å². The molecule has 2 unspecified atom stereocenters. The summed E-state index contributed by atoms with van der Waals surface area (Å²) in [6.07, 6.45) is 0.124. The van der Waals surface area contributed by atoms with Gasteiger partial charge in [-0.1, -0.05) is 24.3 Å². The van der Waals surface area contributed by atoms with E-state index in [0.29, 0.717) is 24.1 Å². The molecule has 0 radical (unpaired) electrons. The smallest absolute Gasteiger partial charge is 0.337 e. The lowest BCUT2D eigenvalue weighted by Crippen LogP contribution is -2.52. The number of rotatable bonds is 4. The zero-order valence-electron chi connectivity index (χ0n) is 14.6. The van der Waals surface area contributed by atoms with Gasteiger partial charge in [0.15, 0.2) is 0 Å². The zero-order chi connectivity index (χ0) is 18.5. The predicted molar refractivity (Wildman–Crippen MR) is 98.0 cm³/mol. The van der Waals surface area contributed by atoms with E-state index in [0.717, 1.165) is 17.7 Å². The number of hydrogen-bond acceptors (Lipinski definition) is 5. The molecule has 0 aromatic heterocycles. The van der Waals surface area contributed by atoms with Gasteiger partial charge in [-0.05, 0) is 48.4 Å². The number of ether oxygens (including phenoxy) is 1. The van der Waals surface area contributed by atoms with Crippen LogP contribution in [0.1, 0.15) is 27.1 Å². The van der Waals surface area contributed by atoms with Gasteiger partial charge in [-0.2, -0.15) is 0 Å². The molecule has 0 spiro atoms. The summed E-state index contributed by atoms with van der Waals surface area (Å²) in [5.74, 6) is -0.589. The Morgan fingerprint density at radius 2 is 1.88 bits per heavy atom. The van der Waals surface area contributed by atoms with Crippen molar-refractivity contribution in [1.82, 2.24) is 10.6 Å². The number of carbonyl (C=O) groups is 2. The van der Waals surface area contributed by atoms with Gasteiger partial charge in [0.1, 0.15) is 0 Å². The molecule has 1 amide bonds. The van der Waals surface area contributed by atoms with Gasteiger partial charge in [0, 0.05) is 12.1 Å². The first-order chi connectivity index (χ1) is 12.6. The molecule has 0 aliphatic carbocycles. The largest absolute Gasteiger partial charge is 0.465 e. The molecule has 1 aliphatic rings. The Hall–Kier alpha value is -2.70. The van der Waals surface area contributed by atoms with Gasteiger partial charge >= 0.3 is 5.97 Å². The van der Waals surface area contributed by atoms with E-state index in [1.54, 1.807) is 30.3 Å². The van der Waals surface area contributed by atoms with Gasteiger partial charge < -0.3 is 20.5 Å². The molecule has 6 nitrogen and oxygen atoms in total. The summed E-state index contributed by atoms with van der Waals surface area (Å²) in [6, 6.07) is 14.1. The number of nitrogens with one attached hydrogen (secondary N) is 2. The van der Waals surface area contributed by atoms with Crippen LogP contribution in [-0.4, -0.2) is 49.3 Å². The first-order valence-corrected chi connectivity index (χ1v) is 8.57. The molecule has 0 saturated carbocycles. The maximum Gasteiger partial charge on any atom is 0.337 e. The Morgan fingerprint density at radius 1 is 1.12 bits per heavy atom. The summed E-state index contributed by atoms with van der Waals surface area (Å²) in [5, 5.41) is 15.9. The van der Waals surface area contributed by atoms with Crippen molar-refractivity contribution in [3.05, 3.63) is 59.7 Å². The highest BCUT2D eigenvalue weighted by Gasteiger charge is 2.24. The fourth-order valence-electron chi connectivity index (χ4n) is 3.02. The number of methoxy groups -OCH3 is 1. The van der Waals surface area contributed by atoms with Crippen molar-refractivity contribution in [2.75, 3.05) is 20.2 Å². The normalized spacial score (nSPS) is 19.6. The van der Waals surface area contributed by atoms with Crippen LogP contribution in [0.15, 0.2) is 48.5 Å². The molecular weight excluding hydrogens is 332 g/mol. The summed E-state index contributed by atoms with van der Waals surface area (Å²) in [4.78, 5) is 24.0. The summed E-state index contributed by atoms with van der Waals surface area (Å²) < 4.78 is 4.74. The number of β-amino-alcohol motifs (C(OH)–C–C–N with tert-alkyl or cyclic N) is 1. The second kappa shape index (κ2) is 8.12. The van der Waals surface area contributed by atoms with Crippen LogP contribution >= 0.6 is 0 Å². The fourth-order valence-corrected chi connectivity index (χ4v) is 3.02.